The molecule has 1 aromatic carbocycles. The molecule has 0 spiro atoms. The highest BCUT2D eigenvalue weighted by Gasteiger charge is 2.18. The van der Waals surface area contributed by atoms with Gasteiger partial charge in [-0.05, 0) is 19.9 Å². The molecular weight excluding hydrogens is 258 g/mol. The molecule has 3 aromatic rings. The number of nitrogens with one attached hydrogen (secondary N) is 1. The number of aromatic nitrogens is 3. The minimum absolute atomic E-state index is 0.0291. The number of carbonyl (C=O) groups excluding carboxylic acids is 1. The standard InChI is InChI=1S/C14H13N3O3/c1-8-13(10-5-3-4-6-11(10)15-8)14(18)19-7-12-16-9(2)17-20-12/h3-6,15H,7H2,1-2H3. The Morgan fingerprint density at radius 2 is 2.15 bits per heavy atom. The van der Waals surface area contributed by atoms with Crippen LogP contribution >= 0.6 is 0 Å². The molecule has 6 nitrogen and oxygen atoms in total. The minimum Gasteiger partial charge on any atom is -0.452 e. The highest BCUT2D eigenvalue weighted by molar-refractivity contribution is 6.05. The average Bonchev–Trinajstić information content (AvgIpc) is 2.98. The Hall–Kier alpha value is -2.63. The molecule has 0 amide bonds. The van der Waals surface area contributed by atoms with Crippen molar-refractivity contribution in [2.75, 3.05) is 0 Å². The summed E-state index contributed by atoms with van der Waals surface area (Å²) in [6.45, 7) is 3.52. The average molecular weight is 271 g/mol. The van der Waals surface area contributed by atoms with Crippen molar-refractivity contribution in [1.82, 2.24) is 15.1 Å². The van der Waals surface area contributed by atoms with Crippen molar-refractivity contribution >= 4 is 16.9 Å². The summed E-state index contributed by atoms with van der Waals surface area (Å²) in [6, 6.07) is 7.59. The van der Waals surface area contributed by atoms with E-state index in [1.165, 1.54) is 0 Å². The van der Waals surface area contributed by atoms with E-state index in [9.17, 15) is 4.79 Å². The normalized spacial score (nSPS) is 10.9. The smallest absolute Gasteiger partial charge is 0.341 e. The second kappa shape index (κ2) is 4.80. The van der Waals surface area contributed by atoms with Gasteiger partial charge in [0.1, 0.15) is 0 Å². The first-order chi connectivity index (χ1) is 9.65. The number of para-hydroxylation sites is 1. The summed E-state index contributed by atoms with van der Waals surface area (Å²) in [4.78, 5) is 19.3. The fourth-order valence-corrected chi connectivity index (χ4v) is 2.14. The first-order valence-corrected chi connectivity index (χ1v) is 6.19. The van der Waals surface area contributed by atoms with E-state index in [-0.39, 0.29) is 12.5 Å². The Morgan fingerprint density at radius 1 is 1.35 bits per heavy atom. The number of benzene rings is 1. The van der Waals surface area contributed by atoms with Crippen LogP contribution in [-0.2, 0) is 11.3 Å². The predicted octanol–water partition coefficient (Wildman–Crippen LogP) is 2.52. The van der Waals surface area contributed by atoms with Crippen molar-refractivity contribution < 1.29 is 14.1 Å². The number of esters is 1. The van der Waals surface area contributed by atoms with Crippen molar-refractivity contribution in [1.29, 1.82) is 0 Å². The minimum atomic E-state index is -0.407. The van der Waals surface area contributed by atoms with Crippen LogP contribution in [0.2, 0.25) is 0 Å². The maximum absolute atomic E-state index is 12.2. The van der Waals surface area contributed by atoms with E-state index >= 15 is 0 Å². The number of fused-ring (bicyclic) bond motifs is 1. The molecule has 0 radical (unpaired) electrons. The third-order valence-corrected chi connectivity index (χ3v) is 2.99. The molecule has 0 aliphatic heterocycles. The van der Waals surface area contributed by atoms with Gasteiger partial charge in [-0.2, -0.15) is 4.98 Å². The van der Waals surface area contributed by atoms with Crippen molar-refractivity contribution in [2.45, 2.75) is 20.5 Å². The van der Waals surface area contributed by atoms with Gasteiger partial charge in [0, 0.05) is 16.6 Å². The molecule has 0 bridgehead atoms. The lowest BCUT2D eigenvalue weighted by Gasteiger charge is -2.01. The molecule has 2 heterocycles. The zero-order valence-electron chi connectivity index (χ0n) is 11.1. The molecule has 0 atom stereocenters. The van der Waals surface area contributed by atoms with E-state index in [4.69, 9.17) is 9.26 Å². The number of aryl methyl sites for hydroxylation is 2. The number of H-pyrrole nitrogens is 1. The van der Waals surface area contributed by atoms with Crippen LogP contribution in [0.3, 0.4) is 0 Å². The Balaban J connectivity index is 1.83. The number of aromatic amines is 1. The van der Waals surface area contributed by atoms with Gasteiger partial charge in [0.15, 0.2) is 12.4 Å². The summed E-state index contributed by atoms with van der Waals surface area (Å²) in [5.41, 5.74) is 2.22. The summed E-state index contributed by atoms with van der Waals surface area (Å²) in [7, 11) is 0. The maximum Gasteiger partial charge on any atom is 0.341 e. The van der Waals surface area contributed by atoms with Crippen LogP contribution in [0.5, 0.6) is 0 Å². The van der Waals surface area contributed by atoms with Crippen LogP contribution in [0.1, 0.15) is 27.8 Å². The number of hydrogen-bond donors (Lipinski definition) is 1. The lowest BCUT2D eigenvalue weighted by atomic mass is 10.1. The topological polar surface area (TPSA) is 81.0 Å². The molecule has 20 heavy (non-hydrogen) atoms. The number of rotatable bonds is 3. The van der Waals surface area contributed by atoms with E-state index in [1.807, 2.05) is 31.2 Å². The van der Waals surface area contributed by atoms with E-state index in [0.717, 1.165) is 16.6 Å². The van der Waals surface area contributed by atoms with Gasteiger partial charge < -0.3 is 14.2 Å². The summed E-state index contributed by atoms with van der Waals surface area (Å²) in [5, 5.41) is 4.49. The van der Waals surface area contributed by atoms with Gasteiger partial charge >= 0.3 is 5.97 Å². The van der Waals surface area contributed by atoms with Gasteiger partial charge in [0.2, 0.25) is 0 Å². The quantitative estimate of drug-likeness (QED) is 0.740. The highest BCUT2D eigenvalue weighted by Crippen LogP contribution is 2.22. The predicted molar refractivity (Wildman–Crippen MR) is 71.2 cm³/mol. The lowest BCUT2D eigenvalue weighted by Crippen LogP contribution is -2.06. The van der Waals surface area contributed by atoms with Crippen molar-refractivity contribution in [3.05, 3.63) is 47.2 Å². The molecule has 0 saturated heterocycles. The maximum atomic E-state index is 12.2. The van der Waals surface area contributed by atoms with E-state index < -0.39 is 5.97 Å². The second-order valence-corrected chi connectivity index (χ2v) is 4.48. The van der Waals surface area contributed by atoms with Crippen LogP contribution < -0.4 is 0 Å². The Morgan fingerprint density at radius 3 is 2.90 bits per heavy atom. The molecule has 1 N–H and O–H groups in total. The van der Waals surface area contributed by atoms with E-state index in [0.29, 0.717) is 11.4 Å². The SMILES string of the molecule is Cc1noc(COC(=O)c2c(C)[nH]c3ccccc23)n1. The summed E-state index contributed by atoms with van der Waals surface area (Å²) < 4.78 is 10.1. The molecule has 0 saturated carbocycles. The zero-order chi connectivity index (χ0) is 14.1. The number of carbonyl (C=O) groups is 1. The van der Waals surface area contributed by atoms with Gasteiger partial charge in [0.05, 0.1) is 5.56 Å². The highest BCUT2D eigenvalue weighted by atomic mass is 16.6. The number of hydrogen-bond acceptors (Lipinski definition) is 5. The summed E-state index contributed by atoms with van der Waals surface area (Å²) in [5.74, 6) is 0.392. The fraction of sp³-hybridized carbons (Fsp3) is 0.214. The van der Waals surface area contributed by atoms with Crippen LogP contribution in [-0.4, -0.2) is 21.1 Å². The van der Waals surface area contributed by atoms with Crippen LogP contribution in [0.15, 0.2) is 28.8 Å². The van der Waals surface area contributed by atoms with Gasteiger partial charge in [-0.3, -0.25) is 0 Å². The van der Waals surface area contributed by atoms with Crippen molar-refractivity contribution in [2.24, 2.45) is 0 Å². The van der Waals surface area contributed by atoms with Gasteiger partial charge in [0.25, 0.3) is 5.89 Å². The molecule has 0 fully saturated rings. The van der Waals surface area contributed by atoms with Crippen LogP contribution in [0, 0.1) is 13.8 Å². The number of nitrogens with zero attached hydrogens (tertiary/aromatic N) is 2. The Bertz CT molecular complexity index is 773. The Labute approximate surface area is 114 Å². The van der Waals surface area contributed by atoms with Crippen molar-refractivity contribution in [3.63, 3.8) is 0 Å². The van der Waals surface area contributed by atoms with E-state index in [1.54, 1.807) is 6.92 Å². The van der Waals surface area contributed by atoms with Crippen LogP contribution in [0.4, 0.5) is 0 Å². The van der Waals surface area contributed by atoms with Gasteiger partial charge in [-0.25, -0.2) is 4.79 Å². The first kappa shape index (κ1) is 12.4. The third kappa shape index (κ3) is 2.16. The molecule has 0 aliphatic rings. The monoisotopic (exact) mass is 271 g/mol. The molecule has 6 heteroatoms. The molecule has 102 valence electrons. The lowest BCUT2D eigenvalue weighted by molar-refractivity contribution is 0.0431. The fourth-order valence-electron chi connectivity index (χ4n) is 2.14. The zero-order valence-corrected chi connectivity index (χ0v) is 11.1. The van der Waals surface area contributed by atoms with Gasteiger partial charge in [-0.15, -0.1) is 0 Å². The summed E-state index contributed by atoms with van der Waals surface area (Å²) in [6.07, 6.45) is 0. The molecular formula is C14H13N3O3. The summed E-state index contributed by atoms with van der Waals surface area (Å²) >= 11 is 0. The number of ether oxygens (including phenoxy) is 1. The molecule has 3 rings (SSSR count). The molecule has 2 aromatic heterocycles. The van der Waals surface area contributed by atoms with E-state index in [2.05, 4.69) is 15.1 Å². The molecule has 0 aliphatic carbocycles. The van der Waals surface area contributed by atoms with Crippen molar-refractivity contribution in [3.8, 4) is 0 Å². The molecule has 0 unspecified atom stereocenters. The van der Waals surface area contributed by atoms with Crippen LogP contribution in [0.25, 0.3) is 10.9 Å². The Kier molecular flexibility index (Phi) is 2.98. The second-order valence-electron chi connectivity index (χ2n) is 4.48. The third-order valence-electron chi connectivity index (χ3n) is 2.99. The first-order valence-electron chi connectivity index (χ1n) is 6.19. The largest absolute Gasteiger partial charge is 0.452 e. The van der Waals surface area contributed by atoms with Gasteiger partial charge in [-0.1, -0.05) is 23.4 Å².